The lowest BCUT2D eigenvalue weighted by atomic mass is 9.95. The Hall–Kier alpha value is -1.26. The van der Waals surface area contributed by atoms with Gasteiger partial charge in [0.2, 0.25) is 0 Å². The molecule has 0 atom stereocenters. The summed E-state index contributed by atoms with van der Waals surface area (Å²) in [5, 5.41) is 8.86. The third-order valence-electron chi connectivity index (χ3n) is 3.60. The minimum absolute atomic E-state index is 0.0976. The van der Waals surface area contributed by atoms with Gasteiger partial charge in [0.1, 0.15) is 6.54 Å². The van der Waals surface area contributed by atoms with E-state index in [1.165, 1.54) is 11.3 Å². The van der Waals surface area contributed by atoms with Gasteiger partial charge in [-0.05, 0) is 26.7 Å². The molecule has 2 amide bonds. The van der Waals surface area contributed by atoms with Gasteiger partial charge in [-0.15, -0.1) is 0 Å². The van der Waals surface area contributed by atoms with Gasteiger partial charge in [0.25, 0.3) is 0 Å². The number of hydrogen-bond acceptors (Lipinski definition) is 2. The van der Waals surface area contributed by atoms with Crippen LogP contribution in [-0.2, 0) is 4.79 Å². The average molecular weight is 256 g/mol. The Morgan fingerprint density at radius 3 is 2.22 bits per heavy atom. The van der Waals surface area contributed by atoms with Crippen LogP contribution in [-0.4, -0.2) is 52.6 Å². The summed E-state index contributed by atoms with van der Waals surface area (Å²) in [5.74, 6) is -0.964. The van der Waals surface area contributed by atoms with E-state index in [2.05, 4.69) is 0 Å². The minimum Gasteiger partial charge on any atom is -0.480 e. The number of carboxylic acids is 1. The molecule has 0 heterocycles. The zero-order chi connectivity index (χ0) is 13.7. The first-order valence-corrected chi connectivity index (χ1v) is 6.68. The van der Waals surface area contributed by atoms with Gasteiger partial charge in [-0.2, -0.15) is 0 Å². The number of amides is 2. The standard InChI is InChI=1S/C13H24N2O3/c1-10(2)15(9-12(16)17)13(18)14(3)11-7-5-4-6-8-11/h10-11H,4-9H2,1-3H3,(H,16,17). The Kier molecular flexibility index (Phi) is 5.44. The molecule has 5 nitrogen and oxygen atoms in total. The highest BCUT2D eigenvalue weighted by Crippen LogP contribution is 2.22. The van der Waals surface area contributed by atoms with Crippen LogP contribution in [0, 0.1) is 0 Å². The SMILES string of the molecule is CC(C)N(CC(=O)O)C(=O)N(C)C1CCCCC1. The van der Waals surface area contributed by atoms with Crippen LogP contribution in [0.1, 0.15) is 46.0 Å². The first-order valence-electron chi connectivity index (χ1n) is 6.68. The van der Waals surface area contributed by atoms with Crippen LogP contribution in [0.5, 0.6) is 0 Å². The summed E-state index contributed by atoms with van der Waals surface area (Å²) in [5.41, 5.74) is 0. The van der Waals surface area contributed by atoms with Crippen molar-refractivity contribution in [1.82, 2.24) is 9.80 Å². The normalized spacial score (nSPS) is 16.7. The van der Waals surface area contributed by atoms with E-state index in [9.17, 15) is 9.59 Å². The van der Waals surface area contributed by atoms with E-state index in [0.717, 1.165) is 25.7 Å². The van der Waals surface area contributed by atoms with Crippen molar-refractivity contribution in [1.29, 1.82) is 0 Å². The number of rotatable bonds is 4. The number of carbonyl (C=O) groups is 2. The lowest BCUT2D eigenvalue weighted by Gasteiger charge is -2.36. The maximum absolute atomic E-state index is 12.3. The number of urea groups is 1. The van der Waals surface area contributed by atoms with Gasteiger partial charge >= 0.3 is 12.0 Å². The number of nitrogens with zero attached hydrogens (tertiary/aromatic N) is 2. The van der Waals surface area contributed by atoms with Crippen LogP contribution >= 0.6 is 0 Å². The molecule has 0 aliphatic heterocycles. The first kappa shape index (κ1) is 14.8. The average Bonchev–Trinajstić information content (AvgIpc) is 2.34. The minimum atomic E-state index is -0.964. The zero-order valence-electron chi connectivity index (χ0n) is 11.6. The summed E-state index contributed by atoms with van der Waals surface area (Å²) in [6.45, 7) is 3.46. The molecule has 1 fully saturated rings. The van der Waals surface area contributed by atoms with Crippen molar-refractivity contribution < 1.29 is 14.7 Å². The van der Waals surface area contributed by atoms with Gasteiger partial charge in [0, 0.05) is 19.1 Å². The van der Waals surface area contributed by atoms with E-state index in [4.69, 9.17) is 5.11 Å². The number of carboxylic acid groups (broad SMARTS) is 1. The Morgan fingerprint density at radius 2 is 1.78 bits per heavy atom. The molecule has 0 aromatic carbocycles. The Morgan fingerprint density at radius 1 is 1.22 bits per heavy atom. The van der Waals surface area contributed by atoms with Crippen LogP contribution in [0.4, 0.5) is 4.79 Å². The van der Waals surface area contributed by atoms with Gasteiger partial charge in [-0.3, -0.25) is 4.79 Å². The van der Waals surface area contributed by atoms with E-state index in [-0.39, 0.29) is 24.7 Å². The highest BCUT2D eigenvalue weighted by Gasteiger charge is 2.28. The quantitative estimate of drug-likeness (QED) is 0.838. The second-order valence-corrected chi connectivity index (χ2v) is 5.30. The number of carbonyl (C=O) groups excluding carboxylic acids is 1. The molecule has 0 aromatic heterocycles. The molecule has 0 spiro atoms. The van der Waals surface area contributed by atoms with Gasteiger partial charge in [0.05, 0.1) is 0 Å². The molecule has 1 saturated carbocycles. The van der Waals surface area contributed by atoms with Crippen LogP contribution in [0.2, 0.25) is 0 Å². The molecular weight excluding hydrogens is 232 g/mol. The van der Waals surface area contributed by atoms with E-state index in [1.54, 1.807) is 11.9 Å². The van der Waals surface area contributed by atoms with Crippen molar-refractivity contribution >= 4 is 12.0 Å². The molecule has 0 saturated heterocycles. The summed E-state index contributed by atoms with van der Waals surface area (Å²) in [6, 6.07) is 0.000218. The molecule has 0 unspecified atom stereocenters. The van der Waals surface area contributed by atoms with Crippen molar-refractivity contribution in [2.75, 3.05) is 13.6 Å². The lowest BCUT2D eigenvalue weighted by Crippen LogP contribution is -2.50. The summed E-state index contributed by atoms with van der Waals surface area (Å²) in [4.78, 5) is 26.3. The smallest absolute Gasteiger partial charge is 0.323 e. The van der Waals surface area contributed by atoms with Gasteiger partial charge in [-0.25, -0.2) is 4.79 Å². The fourth-order valence-corrected chi connectivity index (χ4v) is 2.44. The molecule has 0 radical (unpaired) electrons. The Balaban J connectivity index is 2.65. The largest absolute Gasteiger partial charge is 0.480 e. The predicted molar refractivity (Wildman–Crippen MR) is 69.5 cm³/mol. The van der Waals surface area contributed by atoms with E-state index in [1.807, 2.05) is 13.8 Å². The van der Waals surface area contributed by atoms with Crippen molar-refractivity contribution in [3.8, 4) is 0 Å². The zero-order valence-corrected chi connectivity index (χ0v) is 11.6. The summed E-state index contributed by atoms with van der Waals surface area (Å²) < 4.78 is 0. The van der Waals surface area contributed by atoms with Gasteiger partial charge in [0.15, 0.2) is 0 Å². The fraction of sp³-hybridized carbons (Fsp3) is 0.846. The lowest BCUT2D eigenvalue weighted by molar-refractivity contribution is -0.138. The molecule has 1 N–H and O–H groups in total. The molecule has 1 aliphatic rings. The van der Waals surface area contributed by atoms with Gasteiger partial charge < -0.3 is 14.9 Å². The third kappa shape index (κ3) is 3.89. The third-order valence-corrected chi connectivity index (χ3v) is 3.60. The van der Waals surface area contributed by atoms with Crippen LogP contribution in [0.25, 0.3) is 0 Å². The van der Waals surface area contributed by atoms with Crippen molar-refractivity contribution in [2.24, 2.45) is 0 Å². The fourth-order valence-electron chi connectivity index (χ4n) is 2.44. The molecule has 1 aliphatic carbocycles. The highest BCUT2D eigenvalue weighted by atomic mass is 16.4. The molecule has 0 bridgehead atoms. The molecule has 104 valence electrons. The molecular formula is C13H24N2O3. The number of hydrogen-bond donors (Lipinski definition) is 1. The summed E-state index contributed by atoms with van der Waals surface area (Å²) in [7, 11) is 1.79. The second kappa shape index (κ2) is 6.61. The van der Waals surface area contributed by atoms with Crippen molar-refractivity contribution in [3.63, 3.8) is 0 Å². The molecule has 1 rings (SSSR count). The van der Waals surface area contributed by atoms with Gasteiger partial charge in [-0.1, -0.05) is 19.3 Å². The monoisotopic (exact) mass is 256 g/mol. The first-order chi connectivity index (χ1) is 8.43. The number of aliphatic carboxylic acids is 1. The predicted octanol–water partition coefficient (Wildman–Crippen LogP) is 2.17. The second-order valence-electron chi connectivity index (χ2n) is 5.30. The van der Waals surface area contributed by atoms with Crippen LogP contribution in [0.15, 0.2) is 0 Å². The maximum atomic E-state index is 12.3. The van der Waals surface area contributed by atoms with E-state index >= 15 is 0 Å². The van der Waals surface area contributed by atoms with Crippen molar-refractivity contribution in [2.45, 2.75) is 58.0 Å². The molecule has 5 heteroatoms. The van der Waals surface area contributed by atoms with Crippen LogP contribution < -0.4 is 0 Å². The highest BCUT2D eigenvalue weighted by molar-refractivity contribution is 5.80. The Labute approximate surface area is 109 Å². The topological polar surface area (TPSA) is 60.9 Å². The summed E-state index contributed by atoms with van der Waals surface area (Å²) in [6.07, 6.45) is 5.61. The van der Waals surface area contributed by atoms with E-state index in [0.29, 0.717) is 0 Å². The van der Waals surface area contributed by atoms with Crippen LogP contribution in [0.3, 0.4) is 0 Å². The molecule has 18 heavy (non-hydrogen) atoms. The van der Waals surface area contributed by atoms with E-state index < -0.39 is 5.97 Å². The molecule has 0 aromatic rings. The Bertz CT molecular complexity index is 299. The summed E-state index contributed by atoms with van der Waals surface area (Å²) >= 11 is 0. The maximum Gasteiger partial charge on any atom is 0.323 e. The van der Waals surface area contributed by atoms with Crippen molar-refractivity contribution in [3.05, 3.63) is 0 Å².